The van der Waals surface area contributed by atoms with Gasteiger partial charge >= 0.3 is 5.97 Å². The number of nitro groups is 1. The molecule has 0 unspecified atom stereocenters. The van der Waals surface area contributed by atoms with Crippen LogP contribution in [0.1, 0.15) is 13.3 Å². The molecule has 0 spiro atoms. The van der Waals surface area contributed by atoms with Gasteiger partial charge in [0.05, 0.1) is 6.61 Å². The predicted molar refractivity (Wildman–Crippen MR) is 44.0 cm³/mol. The number of halogens is 2. The molecule has 0 rings (SSSR count). The molecule has 0 bridgehead atoms. The number of esters is 1. The Balaban J connectivity index is 4.41. The Kier molecular flexibility index (Phi) is 5.68. The standard InChI is InChI=1S/C7H11F2NO5/c1-2-15-5(11)3-4(10(13)14)6(12)7(8)9/h4,6-7,12H,2-3H2,1H3/t4-,6+/m1/s1. The number of aliphatic hydroxyl groups excluding tert-OH is 1. The van der Waals surface area contributed by atoms with Crippen molar-refractivity contribution >= 4 is 5.97 Å². The minimum absolute atomic E-state index is 0.00591. The van der Waals surface area contributed by atoms with Gasteiger partial charge in [0, 0.05) is 4.92 Å². The SMILES string of the molecule is CCOC(=O)C[C@H]([C@H](O)C(F)F)[N+](=O)[O-]. The molecule has 0 aliphatic rings. The summed E-state index contributed by atoms with van der Waals surface area (Å²) in [5, 5.41) is 19.1. The number of carbonyl (C=O) groups excluding carboxylic acids is 1. The predicted octanol–water partition coefficient (Wildman–Crippen LogP) is 0.211. The molecule has 1 N–H and O–H groups in total. The first-order chi connectivity index (χ1) is 6.90. The Morgan fingerprint density at radius 1 is 1.60 bits per heavy atom. The molecule has 0 aromatic carbocycles. The van der Waals surface area contributed by atoms with Crippen molar-refractivity contribution in [2.75, 3.05) is 6.61 Å². The summed E-state index contributed by atoms with van der Waals surface area (Å²) >= 11 is 0. The van der Waals surface area contributed by atoms with Crippen LogP contribution in [0, 0.1) is 10.1 Å². The van der Waals surface area contributed by atoms with Crippen molar-refractivity contribution in [2.24, 2.45) is 0 Å². The first-order valence-electron chi connectivity index (χ1n) is 4.15. The van der Waals surface area contributed by atoms with Crippen molar-refractivity contribution in [3.05, 3.63) is 10.1 Å². The topological polar surface area (TPSA) is 89.7 Å². The van der Waals surface area contributed by atoms with Crippen molar-refractivity contribution in [3.8, 4) is 0 Å². The van der Waals surface area contributed by atoms with Crippen LogP contribution in [0.5, 0.6) is 0 Å². The summed E-state index contributed by atoms with van der Waals surface area (Å²) in [6.07, 6.45) is -6.61. The molecule has 8 heteroatoms. The first kappa shape index (κ1) is 13.7. The molecule has 2 atom stereocenters. The van der Waals surface area contributed by atoms with Gasteiger partial charge in [0.2, 0.25) is 0 Å². The highest BCUT2D eigenvalue weighted by Crippen LogP contribution is 2.12. The highest BCUT2D eigenvalue weighted by atomic mass is 19.3. The van der Waals surface area contributed by atoms with E-state index in [1.165, 1.54) is 6.92 Å². The van der Waals surface area contributed by atoms with E-state index in [2.05, 4.69) is 4.74 Å². The number of rotatable bonds is 6. The third-order valence-corrected chi connectivity index (χ3v) is 1.60. The summed E-state index contributed by atoms with van der Waals surface area (Å²) in [6.45, 7) is 1.47. The van der Waals surface area contributed by atoms with E-state index in [1.807, 2.05) is 0 Å². The Hall–Kier alpha value is -1.31. The number of ether oxygens (including phenoxy) is 1. The van der Waals surface area contributed by atoms with Crippen LogP contribution in [0.15, 0.2) is 0 Å². The highest BCUT2D eigenvalue weighted by Gasteiger charge is 2.38. The van der Waals surface area contributed by atoms with Gasteiger partial charge in [0.15, 0.2) is 6.10 Å². The number of alkyl halides is 2. The molecule has 0 amide bonds. The Bertz CT molecular complexity index is 235. The van der Waals surface area contributed by atoms with Gasteiger partial charge in [-0.15, -0.1) is 0 Å². The average molecular weight is 227 g/mol. The van der Waals surface area contributed by atoms with Gasteiger partial charge in [-0.2, -0.15) is 0 Å². The molecule has 0 aliphatic carbocycles. The Morgan fingerprint density at radius 2 is 2.13 bits per heavy atom. The molecule has 0 aromatic rings. The van der Waals surface area contributed by atoms with Crippen LogP contribution in [-0.4, -0.2) is 41.2 Å². The zero-order chi connectivity index (χ0) is 12.0. The van der Waals surface area contributed by atoms with Gasteiger partial charge in [0.25, 0.3) is 12.5 Å². The zero-order valence-electron chi connectivity index (χ0n) is 7.93. The normalized spacial score (nSPS) is 14.7. The summed E-state index contributed by atoms with van der Waals surface area (Å²) < 4.78 is 28.3. The molecular formula is C7H11F2NO5. The maximum atomic E-state index is 12.0. The van der Waals surface area contributed by atoms with E-state index in [9.17, 15) is 23.7 Å². The molecule has 0 heterocycles. The van der Waals surface area contributed by atoms with E-state index in [4.69, 9.17) is 5.11 Å². The number of carbonyl (C=O) groups is 1. The minimum Gasteiger partial charge on any atom is -0.466 e. The van der Waals surface area contributed by atoms with Crippen LogP contribution in [0.3, 0.4) is 0 Å². The fraction of sp³-hybridized carbons (Fsp3) is 0.857. The third kappa shape index (κ3) is 4.63. The molecular weight excluding hydrogens is 216 g/mol. The minimum atomic E-state index is -3.27. The zero-order valence-corrected chi connectivity index (χ0v) is 7.93. The summed E-state index contributed by atoms with van der Waals surface area (Å²) in [6, 6.07) is -2.04. The number of hydrogen-bond donors (Lipinski definition) is 1. The van der Waals surface area contributed by atoms with Crippen LogP contribution >= 0.6 is 0 Å². The summed E-state index contributed by atoms with van der Waals surface area (Å²) in [5.41, 5.74) is 0. The lowest BCUT2D eigenvalue weighted by Gasteiger charge is -2.14. The number of hydrogen-bond acceptors (Lipinski definition) is 5. The largest absolute Gasteiger partial charge is 0.466 e. The average Bonchev–Trinajstić information content (AvgIpc) is 2.13. The van der Waals surface area contributed by atoms with Crippen molar-refractivity contribution < 1.29 is 28.3 Å². The second kappa shape index (κ2) is 6.23. The van der Waals surface area contributed by atoms with E-state index < -0.39 is 35.9 Å². The lowest BCUT2D eigenvalue weighted by atomic mass is 10.1. The molecule has 0 saturated heterocycles. The molecule has 0 saturated carbocycles. The second-order valence-electron chi connectivity index (χ2n) is 2.69. The lowest BCUT2D eigenvalue weighted by molar-refractivity contribution is -0.536. The van der Waals surface area contributed by atoms with Crippen LogP contribution in [0.25, 0.3) is 0 Å². The second-order valence-corrected chi connectivity index (χ2v) is 2.69. The molecule has 0 radical (unpaired) electrons. The smallest absolute Gasteiger partial charge is 0.312 e. The molecule has 6 nitrogen and oxygen atoms in total. The lowest BCUT2D eigenvalue weighted by Crippen LogP contribution is -2.40. The summed E-state index contributed by atoms with van der Waals surface area (Å²) in [7, 11) is 0. The van der Waals surface area contributed by atoms with Gasteiger partial charge < -0.3 is 9.84 Å². The Labute approximate surface area is 84.0 Å². The van der Waals surface area contributed by atoms with E-state index >= 15 is 0 Å². The van der Waals surface area contributed by atoms with Crippen molar-refractivity contribution in [3.63, 3.8) is 0 Å². The maximum Gasteiger partial charge on any atom is 0.312 e. The van der Waals surface area contributed by atoms with Gasteiger partial charge in [0.1, 0.15) is 6.42 Å². The van der Waals surface area contributed by atoms with Crippen molar-refractivity contribution in [2.45, 2.75) is 31.9 Å². The first-order valence-corrected chi connectivity index (χ1v) is 4.15. The van der Waals surface area contributed by atoms with Gasteiger partial charge in [-0.3, -0.25) is 14.9 Å². The van der Waals surface area contributed by atoms with Crippen molar-refractivity contribution in [1.29, 1.82) is 0 Å². The van der Waals surface area contributed by atoms with Gasteiger partial charge in [-0.05, 0) is 6.92 Å². The molecule has 15 heavy (non-hydrogen) atoms. The van der Waals surface area contributed by atoms with E-state index in [-0.39, 0.29) is 6.61 Å². The summed E-state index contributed by atoms with van der Waals surface area (Å²) in [5.74, 6) is -0.987. The third-order valence-electron chi connectivity index (χ3n) is 1.60. The molecule has 0 aromatic heterocycles. The van der Waals surface area contributed by atoms with Gasteiger partial charge in [-0.25, -0.2) is 8.78 Å². The van der Waals surface area contributed by atoms with Crippen LogP contribution in [0.4, 0.5) is 8.78 Å². The quantitative estimate of drug-likeness (QED) is 0.398. The van der Waals surface area contributed by atoms with Gasteiger partial charge in [-0.1, -0.05) is 0 Å². The van der Waals surface area contributed by atoms with E-state index in [1.54, 1.807) is 0 Å². The van der Waals surface area contributed by atoms with Crippen LogP contribution < -0.4 is 0 Å². The van der Waals surface area contributed by atoms with Crippen LogP contribution in [-0.2, 0) is 9.53 Å². The molecule has 88 valence electrons. The van der Waals surface area contributed by atoms with E-state index in [0.717, 1.165) is 0 Å². The molecule has 0 fully saturated rings. The maximum absolute atomic E-state index is 12.0. The fourth-order valence-corrected chi connectivity index (χ4v) is 0.879. The number of nitrogens with zero attached hydrogens (tertiary/aromatic N) is 1. The monoisotopic (exact) mass is 227 g/mol. The summed E-state index contributed by atoms with van der Waals surface area (Å²) in [4.78, 5) is 20.0. The fourth-order valence-electron chi connectivity index (χ4n) is 0.879. The highest BCUT2D eigenvalue weighted by molar-refractivity contribution is 5.69. The van der Waals surface area contributed by atoms with Crippen LogP contribution in [0.2, 0.25) is 0 Å². The Morgan fingerprint density at radius 3 is 2.47 bits per heavy atom. The van der Waals surface area contributed by atoms with Crippen molar-refractivity contribution in [1.82, 2.24) is 0 Å². The van der Waals surface area contributed by atoms with E-state index in [0.29, 0.717) is 0 Å². The molecule has 0 aliphatic heterocycles. The number of aliphatic hydroxyl groups is 1.